The van der Waals surface area contributed by atoms with Gasteiger partial charge < -0.3 is 9.64 Å². The van der Waals surface area contributed by atoms with Crippen molar-refractivity contribution >= 4 is 15.7 Å². The third-order valence-electron chi connectivity index (χ3n) is 5.23. The molecule has 4 rings (SSSR count). The fourth-order valence-corrected chi connectivity index (χ4v) is 5.85. The molecule has 0 N–H and O–H groups in total. The molecule has 1 unspecified atom stereocenters. The first-order valence-corrected chi connectivity index (χ1v) is 10.3. The van der Waals surface area contributed by atoms with Crippen LogP contribution in [0.5, 0.6) is 5.75 Å². The van der Waals surface area contributed by atoms with Crippen molar-refractivity contribution in [2.75, 3.05) is 30.1 Å². The molecule has 132 valence electrons. The zero-order chi connectivity index (χ0) is 17.5. The summed E-state index contributed by atoms with van der Waals surface area (Å²) in [5, 5.41) is 0. The van der Waals surface area contributed by atoms with Crippen molar-refractivity contribution in [1.82, 2.24) is 9.97 Å². The molecule has 1 aromatic carbocycles. The minimum atomic E-state index is -2.96. The van der Waals surface area contributed by atoms with Gasteiger partial charge in [-0.2, -0.15) is 0 Å². The molecule has 6 nitrogen and oxygen atoms in total. The number of rotatable bonds is 3. The molecule has 2 aliphatic rings. The Morgan fingerprint density at radius 1 is 1.16 bits per heavy atom. The first-order valence-electron chi connectivity index (χ1n) is 8.47. The van der Waals surface area contributed by atoms with Gasteiger partial charge in [-0.05, 0) is 49.6 Å². The third kappa shape index (κ3) is 2.97. The van der Waals surface area contributed by atoms with E-state index in [0.29, 0.717) is 11.6 Å². The van der Waals surface area contributed by atoms with E-state index < -0.39 is 9.84 Å². The number of hydrogen-bond donors (Lipinski definition) is 0. The average molecular weight is 359 g/mol. The predicted molar refractivity (Wildman–Crippen MR) is 96.6 cm³/mol. The molecule has 25 heavy (non-hydrogen) atoms. The SMILES string of the molecule is COc1ccc(-c2nccc(N3CCC34CCCS(=O)(=O)C4)n2)cc1. The van der Waals surface area contributed by atoms with Gasteiger partial charge in [-0.15, -0.1) is 0 Å². The van der Waals surface area contributed by atoms with Crippen LogP contribution in [0.25, 0.3) is 11.4 Å². The van der Waals surface area contributed by atoms with Crippen LogP contribution >= 0.6 is 0 Å². The average Bonchev–Trinajstić information content (AvgIpc) is 2.60. The van der Waals surface area contributed by atoms with Crippen LogP contribution in [0.15, 0.2) is 36.5 Å². The Kier molecular flexibility index (Phi) is 3.91. The first kappa shape index (κ1) is 16.3. The zero-order valence-corrected chi connectivity index (χ0v) is 15.0. The van der Waals surface area contributed by atoms with Gasteiger partial charge in [0, 0.05) is 18.3 Å². The van der Waals surface area contributed by atoms with Crippen LogP contribution in [0.2, 0.25) is 0 Å². The Morgan fingerprint density at radius 3 is 2.60 bits per heavy atom. The molecular weight excluding hydrogens is 338 g/mol. The van der Waals surface area contributed by atoms with E-state index in [-0.39, 0.29) is 11.3 Å². The van der Waals surface area contributed by atoms with E-state index in [1.54, 1.807) is 13.3 Å². The van der Waals surface area contributed by atoms with Gasteiger partial charge in [-0.25, -0.2) is 18.4 Å². The standard InChI is InChI=1S/C18H21N3O3S/c1-24-15-5-3-14(4-6-15)17-19-10-7-16(20-17)21-11-9-18(21)8-2-12-25(22,23)13-18/h3-7,10H,2,8-9,11-13H2,1H3. The minimum absolute atomic E-state index is 0.238. The van der Waals surface area contributed by atoms with Crippen LogP contribution in [-0.2, 0) is 9.84 Å². The van der Waals surface area contributed by atoms with Gasteiger partial charge in [0.1, 0.15) is 11.6 Å². The number of aromatic nitrogens is 2. The van der Waals surface area contributed by atoms with Crippen LogP contribution in [0.4, 0.5) is 5.82 Å². The lowest BCUT2D eigenvalue weighted by Gasteiger charge is -2.55. The highest BCUT2D eigenvalue weighted by molar-refractivity contribution is 7.91. The van der Waals surface area contributed by atoms with Crippen LogP contribution < -0.4 is 9.64 Å². The number of hydrogen-bond acceptors (Lipinski definition) is 6. The number of methoxy groups -OCH3 is 1. The van der Waals surface area contributed by atoms with E-state index in [1.165, 1.54) is 0 Å². The molecule has 0 aliphatic carbocycles. The molecule has 0 radical (unpaired) electrons. The second-order valence-corrected chi connectivity index (χ2v) is 8.97. The molecule has 2 aromatic rings. The topological polar surface area (TPSA) is 72.4 Å². The number of anilines is 1. The molecule has 7 heteroatoms. The Hall–Kier alpha value is -2.15. The molecule has 2 saturated heterocycles. The second-order valence-electron chi connectivity index (χ2n) is 6.79. The molecule has 3 heterocycles. The van der Waals surface area contributed by atoms with Crippen molar-refractivity contribution in [3.8, 4) is 17.1 Å². The van der Waals surface area contributed by atoms with Gasteiger partial charge >= 0.3 is 0 Å². The summed E-state index contributed by atoms with van der Waals surface area (Å²) in [6.07, 6.45) is 4.29. The Morgan fingerprint density at radius 2 is 1.96 bits per heavy atom. The molecule has 2 fully saturated rings. The van der Waals surface area contributed by atoms with Crippen LogP contribution in [0.1, 0.15) is 19.3 Å². The van der Waals surface area contributed by atoms with Gasteiger partial charge in [0.25, 0.3) is 0 Å². The molecule has 1 spiro atoms. The smallest absolute Gasteiger partial charge is 0.161 e. The van der Waals surface area contributed by atoms with E-state index in [1.807, 2.05) is 30.3 Å². The summed E-state index contributed by atoms with van der Waals surface area (Å²) in [4.78, 5) is 11.2. The molecule has 1 aromatic heterocycles. The first-order chi connectivity index (χ1) is 12.0. The summed E-state index contributed by atoms with van der Waals surface area (Å²) in [5.41, 5.74) is 0.635. The highest BCUT2D eigenvalue weighted by Gasteiger charge is 2.50. The lowest BCUT2D eigenvalue weighted by molar-refractivity contribution is 0.271. The van der Waals surface area contributed by atoms with Crippen LogP contribution in [0.3, 0.4) is 0 Å². The van der Waals surface area contributed by atoms with Crippen molar-refractivity contribution in [3.63, 3.8) is 0 Å². The summed E-state index contributed by atoms with van der Waals surface area (Å²) in [6.45, 7) is 0.842. The van der Waals surface area contributed by atoms with Gasteiger partial charge in [0.15, 0.2) is 15.7 Å². The van der Waals surface area contributed by atoms with Crippen molar-refractivity contribution < 1.29 is 13.2 Å². The van der Waals surface area contributed by atoms with Gasteiger partial charge in [0.05, 0.1) is 24.2 Å². The van der Waals surface area contributed by atoms with Gasteiger partial charge in [-0.1, -0.05) is 0 Å². The lowest BCUT2D eigenvalue weighted by Crippen LogP contribution is -2.65. The Balaban J connectivity index is 1.63. The fraction of sp³-hybridized carbons (Fsp3) is 0.444. The Labute approximate surface area is 147 Å². The number of sulfone groups is 1. The van der Waals surface area contributed by atoms with Gasteiger partial charge in [-0.3, -0.25) is 0 Å². The normalized spacial score (nSPS) is 24.8. The number of nitrogens with zero attached hydrogens (tertiary/aromatic N) is 3. The monoisotopic (exact) mass is 359 g/mol. The van der Waals surface area contributed by atoms with E-state index in [2.05, 4.69) is 9.88 Å². The molecule has 1 atom stereocenters. The van der Waals surface area contributed by atoms with Crippen molar-refractivity contribution in [1.29, 1.82) is 0 Å². The highest BCUT2D eigenvalue weighted by atomic mass is 32.2. The second kappa shape index (κ2) is 5.98. The largest absolute Gasteiger partial charge is 0.497 e. The molecule has 2 aliphatic heterocycles. The quantitative estimate of drug-likeness (QED) is 0.837. The maximum absolute atomic E-state index is 12.1. The van der Waals surface area contributed by atoms with Crippen LogP contribution in [0, 0.1) is 0 Å². The van der Waals surface area contributed by atoms with Crippen LogP contribution in [-0.4, -0.2) is 49.1 Å². The highest BCUT2D eigenvalue weighted by Crippen LogP contribution is 2.42. The fourth-order valence-electron chi connectivity index (χ4n) is 3.86. The molecule has 0 saturated carbocycles. The van der Waals surface area contributed by atoms with E-state index >= 15 is 0 Å². The van der Waals surface area contributed by atoms with E-state index in [9.17, 15) is 8.42 Å². The number of ether oxygens (including phenoxy) is 1. The van der Waals surface area contributed by atoms with Crippen molar-refractivity contribution in [2.24, 2.45) is 0 Å². The predicted octanol–water partition coefficient (Wildman–Crippen LogP) is 2.31. The third-order valence-corrected chi connectivity index (χ3v) is 7.11. The Bertz CT molecular complexity index is 883. The summed E-state index contributed by atoms with van der Waals surface area (Å²) < 4.78 is 29.4. The minimum Gasteiger partial charge on any atom is -0.497 e. The molecular formula is C18H21N3O3S. The van der Waals surface area contributed by atoms with Crippen molar-refractivity contribution in [2.45, 2.75) is 24.8 Å². The summed E-state index contributed by atoms with van der Waals surface area (Å²) in [5.74, 6) is 2.78. The van der Waals surface area contributed by atoms with E-state index in [0.717, 1.165) is 42.9 Å². The maximum Gasteiger partial charge on any atom is 0.161 e. The summed E-state index contributed by atoms with van der Waals surface area (Å²) in [6, 6.07) is 9.48. The summed E-state index contributed by atoms with van der Waals surface area (Å²) in [7, 11) is -1.33. The van der Waals surface area contributed by atoms with Crippen molar-refractivity contribution in [3.05, 3.63) is 36.5 Å². The maximum atomic E-state index is 12.1. The van der Waals surface area contributed by atoms with Gasteiger partial charge in [0.2, 0.25) is 0 Å². The summed E-state index contributed by atoms with van der Waals surface area (Å²) >= 11 is 0. The zero-order valence-electron chi connectivity index (χ0n) is 14.2. The molecule has 0 bridgehead atoms. The number of benzene rings is 1. The lowest BCUT2D eigenvalue weighted by atomic mass is 9.82. The van der Waals surface area contributed by atoms with E-state index in [4.69, 9.17) is 9.72 Å². The molecule has 0 amide bonds.